The molecule has 0 bridgehead atoms. The maximum Gasteiger partial charge on any atom is 0.503 e. The second-order valence-corrected chi connectivity index (χ2v) is 8.11. The summed E-state index contributed by atoms with van der Waals surface area (Å²) in [6.45, 7) is 8.46. The molecule has 128 valence electrons. The molecule has 0 saturated carbocycles. The Morgan fingerprint density at radius 2 is 1.29 bits per heavy atom. The first-order valence-corrected chi connectivity index (χ1v) is 10.6. The smallest absolute Gasteiger partial charge is 0.374 e. The molecule has 0 aromatic rings. The molecule has 0 rings (SSSR count). The molecule has 0 aromatic heterocycles. The first-order chi connectivity index (χ1) is 10.1. The Bertz CT molecular complexity index is 222. The molecule has 0 heterocycles. The van der Waals surface area contributed by atoms with E-state index in [4.69, 9.17) is 13.3 Å². The van der Waals surface area contributed by atoms with Crippen LogP contribution >= 0.6 is 0 Å². The fourth-order valence-electron chi connectivity index (χ4n) is 2.48. The van der Waals surface area contributed by atoms with Crippen molar-refractivity contribution in [3.8, 4) is 0 Å². The van der Waals surface area contributed by atoms with E-state index in [9.17, 15) is 4.39 Å². The highest BCUT2D eigenvalue weighted by atomic mass is 28.4. The van der Waals surface area contributed by atoms with Crippen LogP contribution in [0.25, 0.3) is 0 Å². The average Bonchev–Trinajstić information content (AvgIpc) is 2.41. The van der Waals surface area contributed by atoms with E-state index in [1.54, 1.807) is 0 Å². The molecule has 21 heavy (non-hydrogen) atoms. The summed E-state index contributed by atoms with van der Waals surface area (Å²) in [6, 6.07) is 0.720. The Balaban J connectivity index is 3.99. The van der Waals surface area contributed by atoms with Gasteiger partial charge in [-0.15, -0.1) is 0 Å². The topological polar surface area (TPSA) is 27.7 Å². The van der Waals surface area contributed by atoms with E-state index in [1.807, 2.05) is 13.8 Å². The van der Waals surface area contributed by atoms with Crippen molar-refractivity contribution in [1.29, 1.82) is 0 Å². The molecule has 0 amide bonds. The summed E-state index contributed by atoms with van der Waals surface area (Å²) in [4.78, 5) is 0. The summed E-state index contributed by atoms with van der Waals surface area (Å²) in [7, 11) is -2.81. The number of rotatable bonds is 15. The Morgan fingerprint density at radius 1 is 0.810 bits per heavy atom. The van der Waals surface area contributed by atoms with Gasteiger partial charge in [-0.1, -0.05) is 51.9 Å². The third-order valence-corrected chi connectivity index (χ3v) is 6.51. The second-order valence-electron chi connectivity index (χ2n) is 5.43. The number of unbranched alkanes of at least 4 members (excludes halogenated alkanes) is 7. The minimum absolute atomic E-state index is 0.510. The van der Waals surface area contributed by atoms with E-state index in [-0.39, 0.29) is 0 Å². The lowest BCUT2D eigenvalue weighted by Gasteiger charge is -2.29. The third kappa shape index (κ3) is 11.3. The van der Waals surface area contributed by atoms with Gasteiger partial charge in [0.25, 0.3) is 0 Å². The molecule has 0 radical (unpaired) electrons. The van der Waals surface area contributed by atoms with Crippen molar-refractivity contribution in [3.63, 3.8) is 0 Å². The van der Waals surface area contributed by atoms with E-state index in [2.05, 4.69) is 6.92 Å². The van der Waals surface area contributed by atoms with Gasteiger partial charge in [0.2, 0.25) is 0 Å². The predicted octanol–water partition coefficient (Wildman–Crippen LogP) is 5.47. The first kappa shape index (κ1) is 21.0. The normalized spacial score (nSPS) is 13.6. The van der Waals surface area contributed by atoms with Crippen molar-refractivity contribution >= 4 is 8.80 Å². The number of hydrogen-bond donors (Lipinski definition) is 0. The zero-order chi connectivity index (χ0) is 16.0. The fraction of sp³-hybridized carbons (Fsp3) is 1.00. The Hall–Kier alpha value is 0.0269. The SMILES string of the molecule is CCCCCCCCCC[Si](OCC)(OCC)OC(C)F. The van der Waals surface area contributed by atoms with Gasteiger partial charge in [-0.05, 0) is 27.2 Å². The van der Waals surface area contributed by atoms with Crippen LogP contribution in [0.4, 0.5) is 4.39 Å². The molecule has 5 heteroatoms. The molecule has 0 N–H and O–H groups in total. The molecule has 0 aliphatic carbocycles. The van der Waals surface area contributed by atoms with Crippen LogP contribution in [0.5, 0.6) is 0 Å². The summed E-state index contributed by atoms with van der Waals surface area (Å²) in [5.74, 6) is 0. The summed E-state index contributed by atoms with van der Waals surface area (Å²) < 4.78 is 30.0. The van der Waals surface area contributed by atoms with E-state index < -0.39 is 15.2 Å². The molecule has 1 atom stereocenters. The molecule has 0 fully saturated rings. The molecular weight excluding hydrogens is 287 g/mol. The van der Waals surface area contributed by atoms with Crippen LogP contribution in [0, 0.1) is 0 Å². The van der Waals surface area contributed by atoms with Crippen molar-refractivity contribution < 1.29 is 17.7 Å². The highest BCUT2D eigenvalue weighted by Gasteiger charge is 2.41. The van der Waals surface area contributed by atoms with Crippen LogP contribution in [-0.4, -0.2) is 28.4 Å². The van der Waals surface area contributed by atoms with Crippen molar-refractivity contribution in [1.82, 2.24) is 0 Å². The molecule has 0 aromatic carbocycles. The quantitative estimate of drug-likeness (QED) is 0.295. The summed E-state index contributed by atoms with van der Waals surface area (Å²) >= 11 is 0. The maximum atomic E-state index is 13.2. The van der Waals surface area contributed by atoms with Crippen molar-refractivity contribution in [3.05, 3.63) is 0 Å². The monoisotopic (exact) mass is 322 g/mol. The average molecular weight is 323 g/mol. The minimum Gasteiger partial charge on any atom is -0.374 e. The Morgan fingerprint density at radius 3 is 1.71 bits per heavy atom. The van der Waals surface area contributed by atoms with E-state index in [0.29, 0.717) is 13.2 Å². The van der Waals surface area contributed by atoms with Gasteiger partial charge >= 0.3 is 8.80 Å². The Labute approximate surface area is 131 Å². The molecular formula is C16H35FO3Si. The van der Waals surface area contributed by atoms with E-state index >= 15 is 0 Å². The zero-order valence-electron chi connectivity index (χ0n) is 14.5. The van der Waals surface area contributed by atoms with Crippen LogP contribution in [-0.2, 0) is 13.3 Å². The summed E-state index contributed by atoms with van der Waals surface area (Å²) in [5.41, 5.74) is 0. The molecule has 1 unspecified atom stereocenters. The number of halogens is 1. The highest BCUT2D eigenvalue weighted by molar-refractivity contribution is 6.60. The van der Waals surface area contributed by atoms with Crippen LogP contribution in [0.3, 0.4) is 0 Å². The van der Waals surface area contributed by atoms with Crippen LogP contribution in [0.2, 0.25) is 6.04 Å². The summed E-state index contributed by atoms with van der Waals surface area (Å²) in [6.07, 6.45) is 8.63. The van der Waals surface area contributed by atoms with Gasteiger partial charge in [-0.3, -0.25) is 0 Å². The Kier molecular flexibility index (Phi) is 13.7. The van der Waals surface area contributed by atoms with Crippen LogP contribution in [0.1, 0.15) is 79.1 Å². The van der Waals surface area contributed by atoms with Gasteiger partial charge in [0.1, 0.15) is 0 Å². The molecule has 0 aliphatic heterocycles. The third-order valence-electron chi connectivity index (χ3n) is 3.41. The standard InChI is InChI=1S/C16H35FO3Si/c1-5-8-9-10-11-12-13-14-15-21(18-6-2,19-7-3)20-16(4)17/h16H,5-15H2,1-4H3. The number of hydrogen-bond acceptors (Lipinski definition) is 3. The van der Waals surface area contributed by atoms with Crippen molar-refractivity contribution in [2.24, 2.45) is 0 Å². The van der Waals surface area contributed by atoms with Crippen LogP contribution in [0.15, 0.2) is 0 Å². The molecule has 3 nitrogen and oxygen atoms in total. The molecule has 0 spiro atoms. The zero-order valence-corrected chi connectivity index (χ0v) is 15.5. The van der Waals surface area contributed by atoms with Crippen molar-refractivity contribution in [2.45, 2.75) is 91.5 Å². The van der Waals surface area contributed by atoms with Gasteiger partial charge in [0.15, 0.2) is 6.36 Å². The van der Waals surface area contributed by atoms with Gasteiger partial charge in [0.05, 0.1) is 0 Å². The van der Waals surface area contributed by atoms with Gasteiger partial charge in [0, 0.05) is 19.3 Å². The molecule has 0 saturated heterocycles. The predicted molar refractivity (Wildman–Crippen MR) is 88.1 cm³/mol. The van der Waals surface area contributed by atoms with Crippen molar-refractivity contribution in [2.75, 3.05) is 13.2 Å². The fourth-order valence-corrected chi connectivity index (χ4v) is 5.16. The van der Waals surface area contributed by atoms with Crippen LogP contribution < -0.4 is 0 Å². The maximum absolute atomic E-state index is 13.2. The lowest BCUT2D eigenvalue weighted by molar-refractivity contribution is -0.0157. The largest absolute Gasteiger partial charge is 0.503 e. The van der Waals surface area contributed by atoms with Gasteiger partial charge < -0.3 is 13.3 Å². The van der Waals surface area contributed by atoms with E-state index in [1.165, 1.54) is 45.4 Å². The minimum atomic E-state index is -2.81. The first-order valence-electron chi connectivity index (χ1n) is 8.70. The molecule has 0 aliphatic rings. The van der Waals surface area contributed by atoms with E-state index in [0.717, 1.165) is 18.9 Å². The second kappa shape index (κ2) is 13.7. The van der Waals surface area contributed by atoms with Gasteiger partial charge in [-0.25, -0.2) is 4.39 Å². The summed E-state index contributed by atoms with van der Waals surface area (Å²) in [5, 5.41) is 0. The lowest BCUT2D eigenvalue weighted by Crippen LogP contribution is -2.47. The highest BCUT2D eigenvalue weighted by Crippen LogP contribution is 2.22. The lowest BCUT2D eigenvalue weighted by atomic mass is 10.1. The number of alkyl halides is 1. The van der Waals surface area contributed by atoms with Gasteiger partial charge in [-0.2, -0.15) is 0 Å².